The van der Waals surface area contributed by atoms with E-state index in [2.05, 4.69) is 16.0 Å². The number of primary amides is 1. The molecule has 24 nitrogen and oxygen atoms in total. The summed E-state index contributed by atoms with van der Waals surface area (Å²) in [6.07, 6.45) is 0.428. The quantitative estimate of drug-likeness (QED) is 0.0391. The second-order valence-electron chi connectivity index (χ2n) is 28.3. The number of nitrogens with zero attached hydrogens (tertiary/aromatic N) is 3. The van der Waals surface area contributed by atoms with Gasteiger partial charge in [0.05, 0.1) is 115 Å². The van der Waals surface area contributed by atoms with Crippen molar-refractivity contribution in [3.05, 3.63) is 29.8 Å². The normalized spacial score (nSPS) is 17.1. The number of amides is 6. The molecule has 0 aliphatic carbocycles. The minimum absolute atomic E-state index is 0.00115. The monoisotopic (exact) mass is 1360 g/mol. The number of aliphatic hydroxyl groups is 1. The van der Waals surface area contributed by atoms with Gasteiger partial charge in [-0.15, -0.1) is 0 Å². The molecule has 1 aromatic rings. The number of hydrogen-bond acceptors (Lipinski definition) is 18. The van der Waals surface area contributed by atoms with Crippen molar-refractivity contribution in [2.24, 2.45) is 58.5 Å². The van der Waals surface area contributed by atoms with Gasteiger partial charge >= 0.3 is 6.03 Å². The van der Waals surface area contributed by atoms with Crippen molar-refractivity contribution in [1.82, 2.24) is 25.3 Å². The highest BCUT2D eigenvalue weighted by Gasteiger charge is 2.44. The van der Waals surface area contributed by atoms with E-state index in [-0.39, 0.29) is 135 Å². The van der Waals surface area contributed by atoms with Gasteiger partial charge in [0.15, 0.2) is 11.6 Å². The highest BCUT2D eigenvalue weighted by Crippen LogP contribution is 2.34. The summed E-state index contributed by atoms with van der Waals surface area (Å²) in [6, 6.07) is 3.73. The minimum atomic E-state index is -1.07. The Bertz CT molecular complexity index is 2500. The summed E-state index contributed by atoms with van der Waals surface area (Å²) in [5.41, 5.74) is 5.81. The second-order valence-corrected chi connectivity index (χ2v) is 28.3. The third-order valence-corrected chi connectivity index (χ3v) is 18.4. The molecular formula is C72H125N7O17. The van der Waals surface area contributed by atoms with Gasteiger partial charge in [-0.3, -0.25) is 43.3 Å². The van der Waals surface area contributed by atoms with Crippen LogP contribution in [0, 0.1) is 52.8 Å². The van der Waals surface area contributed by atoms with Crippen molar-refractivity contribution in [3.8, 4) is 0 Å². The first-order chi connectivity index (χ1) is 45.2. The van der Waals surface area contributed by atoms with Crippen LogP contribution in [-0.4, -0.2) is 223 Å². The number of likely N-dealkylation sites (tertiary alicyclic amines) is 1. The number of aliphatic hydroxyl groups excluding tert-OH is 1. The van der Waals surface area contributed by atoms with E-state index in [0.29, 0.717) is 96.1 Å². The van der Waals surface area contributed by atoms with Gasteiger partial charge in [-0.1, -0.05) is 109 Å². The molecular weight excluding hydrogens is 1230 g/mol. The Kier molecular flexibility index (Phi) is 41.0. The Morgan fingerprint density at radius 2 is 1.23 bits per heavy atom. The average molecular weight is 1360 g/mol. The van der Waals surface area contributed by atoms with Crippen LogP contribution in [0.3, 0.4) is 0 Å². The zero-order valence-electron chi connectivity index (χ0n) is 61.6. The smallest absolute Gasteiger partial charge is 0.312 e. The number of methoxy groups -OCH3 is 2. The zero-order chi connectivity index (χ0) is 72.4. The molecule has 0 radical (unpaired) electrons. The predicted octanol–water partition coefficient (Wildman–Crippen LogP) is 7.63. The van der Waals surface area contributed by atoms with Crippen LogP contribution in [-0.2, 0) is 71.5 Å². The fourth-order valence-corrected chi connectivity index (χ4v) is 12.6. The number of hydrogen-bond donors (Lipinski definition) is 5. The first-order valence-electron chi connectivity index (χ1n) is 34.9. The summed E-state index contributed by atoms with van der Waals surface area (Å²) in [5, 5.41) is 19.8. The SMILES string of the molecule is CCC(C)[C@@H]([C@@H](CC(=O)N1CCC[C@H]1[C@H](OC)[C@@H](C)C(=O)C[C@H](C)[C@@H](O)c1ccc(NC(=O)[C@H](CCCNC(N)=O)CC(=O)[C@@H](NC(=O)CCOCCOCCOCCOCCOCCC(=O)C(C)(C)C)C(C)C)cc1)OC)N(C)C(=O)[C@@H](CC(=O)[C@H](C(C)C)N(C)C)C(C)C. The molecule has 96 heavy (non-hydrogen) atoms. The molecule has 0 spiro atoms. The molecule has 1 aliphatic rings. The van der Waals surface area contributed by atoms with E-state index in [0.717, 1.165) is 0 Å². The van der Waals surface area contributed by atoms with Gasteiger partial charge in [-0.05, 0) is 87.1 Å². The van der Waals surface area contributed by atoms with Gasteiger partial charge in [0.25, 0.3) is 0 Å². The Hall–Kier alpha value is -5.31. The molecule has 0 saturated carbocycles. The van der Waals surface area contributed by atoms with Crippen molar-refractivity contribution >= 4 is 58.5 Å². The molecule has 12 atom stereocenters. The van der Waals surface area contributed by atoms with E-state index in [4.69, 9.17) is 38.9 Å². The lowest BCUT2D eigenvalue weighted by Gasteiger charge is -2.41. The van der Waals surface area contributed by atoms with Gasteiger partial charge in [0, 0.05) is 95.3 Å². The number of Topliss-reactive ketones (excluding diaryl/α,β-unsaturated/α-hetero) is 4. The Morgan fingerprint density at radius 1 is 0.677 bits per heavy atom. The van der Waals surface area contributed by atoms with Gasteiger partial charge in [-0.2, -0.15) is 0 Å². The standard InChI is InChI=1S/C72H125N7O17/c1-19-49(8)66(78(16)70(88)55(46(2)3)44-59(82)65(48(6)7)77(14)15)60(90-17)45-63(85)79-31-21-23-56(79)68(91-18)51(10)57(80)42-50(9)67(86)52-24-26-54(27-25-52)75-69(87)53(22-20-30-74-71(73)89)43-58(81)64(47(4)5)76-62(84)29-33-93-35-37-95-39-41-96-40-38-94-36-34-92-32-28-61(83)72(11,12)13/h24-27,46-51,53,55-56,60,64-68,86H,19-23,28-45H2,1-18H3,(H,75,87)(H,76,84)(H3,73,74,89)/t49?,50-,51-,53+,55-,56-,60+,64-,65-,66-,67+,68+/m0/s1. The molecule has 1 fully saturated rings. The lowest BCUT2D eigenvalue weighted by Crippen LogP contribution is -2.54. The molecule has 1 unspecified atom stereocenters. The third-order valence-electron chi connectivity index (χ3n) is 18.4. The van der Waals surface area contributed by atoms with E-state index in [1.807, 2.05) is 81.3 Å². The predicted molar refractivity (Wildman–Crippen MR) is 370 cm³/mol. The Morgan fingerprint density at radius 3 is 1.71 bits per heavy atom. The summed E-state index contributed by atoms with van der Waals surface area (Å²) in [5.74, 6) is -4.52. The molecule has 1 saturated heterocycles. The average Bonchev–Trinajstić information content (AvgIpc) is 1.61. The van der Waals surface area contributed by atoms with Crippen LogP contribution in [0.5, 0.6) is 0 Å². The maximum atomic E-state index is 14.5. The summed E-state index contributed by atoms with van der Waals surface area (Å²) in [4.78, 5) is 127. The van der Waals surface area contributed by atoms with Crippen molar-refractivity contribution in [2.75, 3.05) is 120 Å². The first kappa shape index (κ1) is 86.8. The molecule has 2 rings (SSSR count). The van der Waals surface area contributed by atoms with Crippen LogP contribution in [0.25, 0.3) is 0 Å². The van der Waals surface area contributed by atoms with Crippen LogP contribution in [0.1, 0.15) is 172 Å². The molecule has 1 aromatic carbocycles. The van der Waals surface area contributed by atoms with Gasteiger partial charge in [-0.25, -0.2) is 4.79 Å². The van der Waals surface area contributed by atoms with E-state index in [1.54, 1.807) is 75.9 Å². The number of nitrogens with two attached hydrogens (primary N) is 1. The number of rotatable bonds is 51. The maximum Gasteiger partial charge on any atom is 0.312 e. The molecule has 0 aromatic heterocycles. The van der Waals surface area contributed by atoms with Crippen LogP contribution < -0.4 is 21.7 Å². The molecule has 1 heterocycles. The molecule has 1 aliphatic heterocycles. The highest BCUT2D eigenvalue weighted by atomic mass is 16.6. The van der Waals surface area contributed by atoms with Crippen molar-refractivity contribution in [1.29, 1.82) is 0 Å². The molecule has 6 amide bonds. The van der Waals surface area contributed by atoms with Gasteiger partial charge in [0.1, 0.15) is 11.6 Å². The number of benzene rings is 1. The summed E-state index contributed by atoms with van der Waals surface area (Å²) in [7, 11) is 8.60. The van der Waals surface area contributed by atoms with Crippen molar-refractivity contribution in [2.45, 2.75) is 203 Å². The number of nitrogens with one attached hydrogen (secondary N) is 3. The number of likely N-dealkylation sites (N-methyl/N-ethyl adjacent to an activating group) is 2. The van der Waals surface area contributed by atoms with E-state index < -0.39 is 78.0 Å². The van der Waals surface area contributed by atoms with Crippen LogP contribution in [0.2, 0.25) is 0 Å². The van der Waals surface area contributed by atoms with Gasteiger partial charge in [0.2, 0.25) is 23.6 Å². The van der Waals surface area contributed by atoms with Crippen molar-refractivity contribution in [3.63, 3.8) is 0 Å². The molecule has 550 valence electrons. The Balaban J connectivity index is 2.02. The molecule has 24 heteroatoms. The topological polar surface area (TPSA) is 310 Å². The number of ether oxygens (including phenoxy) is 7. The Labute approximate surface area is 574 Å². The number of urea groups is 1. The third kappa shape index (κ3) is 30.4. The van der Waals surface area contributed by atoms with E-state index in [1.165, 1.54) is 7.11 Å². The van der Waals surface area contributed by atoms with E-state index >= 15 is 0 Å². The lowest BCUT2D eigenvalue weighted by atomic mass is 9.83. The van der Waals surface area contributed by atoms with Crippen molar-refractivity contribution < 1.29 is 81.4 Å². The van der Waals surface area contributed by atoms with Crippen LogP contribution in [0.15, 0.2) is 24.3 Å². The first-order valence-corrected chi connectivity index (χ1v) is 34.9. The summed E-state index contributed by atoms with van der Waals surface area (Å²) in [6.45, 7) is 28.7. The lowest BCUT2D eigenvalue weighted by molar-refractivity contribution is -0.149. The van der Waals surface area contributed by atoms with Crippen LogP contribution >= 0.6 is 0 Å². The molecule has 0 bridgehead atoms. The van der Waals surface area contributed by atoms with Gasteiger partial charge < -0.3 is 69.7 Å². The molecule has 6 N–H and O–H groups in total. The number of carbonyl (C=O) groups excluding carboxylic acids is 9. The minimum Gasteiger partial charge on any atom is -0.388 e. The van der Waals surface area contributed by atoms with Crippen LogP contribution in [0.4, 0.5) is 10.5 Å². The maximum absolute atomic E-state index is 14.5. The largest absolute Gasteiger partial charge is 0.388 e. The second kappa shape index (κ2) is 45.4. The number of ketones is 4. The number of anilines is 1. The zero-order valence-corrected chi connectivity index (χ0v) is 61.6. The summed E-state index contributed by atoms with van der Waals surface area (Å²) < 4.78 is 39.8. The fraction of sp³-hybridized carbons (Fsp3) is 0.792. The summed E-state index contributed by atoms with van der Waals surface area (Å²) >= 11 is 0. The fourth-order valence-electron chi connectivity index (χ4n) is 12.6. The van der Waals surface area contributed by atoms with E-state index in [9.17, 15) is 48.3 Å². The number of carbonyl (C=O) groups is 9. The highest BCUT2D eigenvalue weighted by molar-refractivity contribution is 5.97.